The van der Waals surface area contributed by atoms with Crippen molar-refractivity contribution in [3.05, 3.63) is 77.7 Å². The van der Waals surface area contributed by atoms with E-state index in [1.165, 1.54) is 18.1 Å². The third-order valence-corrected chi connectivity index (χ3v) is 7.04. The van der Waals surface area contributed by atoms with Crippen LogP contribution in [-0.4, -0.2) is 31.1 Å². The number of aromatic nitrogens is 2. The summed E-state index contributed by atoms with van der Waals surface area (Å²) in [5.41, 5.74) is 2.91. The molecule has 2 aromatic carbocycles. The third-order valence-electron chi connectivity index (χ3n) is 5.76. The summed E-state index contributed by atoms with van der Waals surface area (Å²) in [6.45, 7) is 5.92. The van der Waals surface area contributed by atoms with Crippen molar-refractivity contribution in [2.75, 3.05) is 13.2 Å². The molecular weight excluding hydrogens is 412 g/mol. The van der Waals surface area contributed by atoms with Gasteiger partial charge in [-0.2, -0.15) is 0 Å². The number of ether oxygens (including phenoxy) is 1. The van der Waals surface area contributed by atoms with Gasteiger partial charge in [-0.25, -0.2) is 18.1 Å². The molecule has 0 radical (unpaired) electrons. The smallest absolute Gasteiger partial charge is 0.259 e. The number of rotatable bonds is 6. The van der Waals surface area contributed by atoms with E-state index >= 15 is 0 Å². The molecule has 2 N–H and O–H groups in total. The second-order valence-electron chi connectivity index (χ2n) is 8.40. The second-order valence-corrected chi connectivity index (χ2v) is 10.1. The molecular formula is C23H28N4O3S. The predicted octanol–water partition coefficient (Wildman–Crippen LogP) is 2.90. The second kappa shape index (κ2) is 8.45. The van der Waals surface area contributed by atoms with Crippen molar-refractivity contribution in [3.8, 4) is 5.75 Å². The molecule has 0 saturated heterocycles. The first-order chi connectivity index (χ1) is 14.8. The minimum Gasteiger partial charge on any atom is -0.492 e. The fourth-order valence-electron chi connectivity index (χ4n) is 4.00. The fourth-order valence-corrected chi connectivity index (χ4v) is 4.99. The first-order valence-electron chi connectivity index (χ1n) is 10.3. The van der Waals surface area contributed by atoms with Crippen molar-refractivity contribution in [1.29, 1.82) is 0 Å². The van der Waals surface area contributed by atoms with E-state index in [9.17, 15) is 8.42 Å². The molecule has 0 bridgehead atoms. The Morgan fingerprint density at radius 2 is 2.00 bits per heavy atom. The number of nitrogens with zero attached hydrogens (tertiary/aromatic N) is 2. The number of hydrogen-bond acceptors (Lipinski definition) is 5. The molecule has 0 aliphatic carbocycles. The standard InChI is InChI=1S/C23H28N4O3S/c1-23(2,18-7-5-4-6-8-18)22-19-13-17(9-10-20(19)30-12-11-24-22)14-26-31(28,29)21-15-27(3)16-25-21/h4-10,13,15-16,22,24,26H,11-12,14H2,1-3H3. The van der Waals surface area contributed by atoms with Crippen LogP contribution in [0.3, 0.4) is 0 Å². The Labute approximate surface area is 183 Å². The van der Waals surface area contributed by atoms with Gasteiger partial charge in [-0.3, -0.25) is 0 Å². The summed E-state index contributed by atoms with van der Waals surface area (Å²) in [5, 5.41) is 3.64. The highest BCUT2D eigenvalue weighted by Crippen LogP contribution is 2.41. The van der Waals surface area contributed by atoms with Crippen LogP contribution in [0.1, 0.15) is 36.6 Å². The molecule has 0 amide bonds. The van der Waals surface area contributed by atoms with E-state index in [4.69, 9.17) is 4.74 Å². The van der Waals surface area contributed by atoms with E-state index in [2.05, 4.69) is 41.0 Å². The van der Waals surface area contributed by atoms with Gasteiger partial charge in [0.15, 0.2) is 5.03 Å². The summed E-state index contributed by atoms with van der Waals surface area (Å²) in [7, 11) is -1.94. The van der Waals surface area contributed by atoms with Crippen LogP contribution in [0.5, 0.6) is 5.75 Å². The molecule has 3 aromatic rings. The van der Waals surface area contributed by atoms with Crippen LogP contribution in [-0.2, 0) is 29.0 Å². The number of nitrogens with one attached hydrogen (secondary N) is 2. The van der Waals surface area contributed by atoms with Crippen molar-refractivity contribution in [2.24, 2.45) is 7.05 Å². The molecule has 1 aliphatic heterocycles. The van der Waals surface area contributed by atoms with E-state index in [0.29, 0.717) is 6.61 Å². The highest BCUT2D eigenvalue weighted by Gasteiger charge is 2.35. The summed E-state index contributed by atoms with van der Waals surface area (Å²) in [6, 6.07) is 16.3. The van der Waals surface area contributed by atoms with Crippen LogP contribution in [0.2, 0.25) is 0 Å². The number of aryl methyl sites for hydroxylation is 1. The molecule has 1 aliphatic rings. The molecule has 1 atom stereocenters. The molecule has 1 unspecified atom stereocenters. The van der Waals surface area contributed by atoms with Gasteiger partial charge < -0.3 is 14.6 Å². The Balaban J connectivity index is 1.62. The van der Waals surface area contributed by atoms with Gasteiger partial charge in [0.25, 0.3) is 10.0 Å². The number of imidazole rings is 1. The average Bonchev–Trinajstić information content (AvgIpc) is 3.09. The van der Waals surface area contributed by atoms with E-state index in [-0.39, 0.29) is 23.0 Å². The van der Waals surface area contributed by atoms with Gasteiger partial charge in [0.2, 0.25) is 0 Å². The fraction of sp³-hybridized carbons (Fsp3) is 0.348. The van der Waals surface area contributed by atoms with E-state index in [1.54, 1.807) is 11.6 Å². The highest BCUT2D eigenvalue weighted by molar-refractivity contribution is 7.89. The summed E-state index contributed by atoms with van der Waals surface area (Å²) in [5.74, 6) is 0.829. The maximum atomic E-state index is 12.5. The Morgan fingerprint density at radius 1 is 1.23 bits per heavy atom. The number of fused-ring (bicyclic) bond motifs is 1. The van der Waals surface area contributed by atoms with Gasteiger partial charge in [0, 0.05) is 43.4 Å². The van der Waals surface area contributed by atoms with Crippen LogP contribution in [0.15, 0.2) is 66.1 Å². The zero-order chi connectivity index (χ0) is 22.1. The average molecular weight is 441 g/mol. The van der Waals surface area contributed by atoms with Gasteiger partial charge in [-0.15, -0.1) is 0 Å². The van der Waals surface area contributed by atoms with Crippen LogP contribution >= 0.6 is 0 Å². The van der Waals surface area contributed by atoms with Crippen LogP contribution in [0.4, 0.5) is 0 Å². The van der Waals surface area contributed by atoms with Crippen molar-refractivity contribution in [1.82, 2.24) is 19.6 Å². The highest BCUT2D eigenvalue weighted by atomic mass is 32.2. The minimum atomic E-state index is -3.68. The third kappa shape index (κ3) is 4.51. The molecule has 8 heteroatoms. The molecule has 0 saturated carbocycles. The van der Waals surface area contributed by atoms with Crippen molar-refractivity contribution in [2.45, 2.75) is 36.9 Å². The quantitative estimate of drug-likeness (QED) is 0.616. The lowest BCUT2D eigenvalue weighted by Gasteiger charge is -2.35. The Morgan fingerprint density at radius 3 is 2.71 bits per heavy atom. The van der Waals surface area contributed by atoms with Crippen LogP contribution in [0, 0.1) is 0 Å². The van der Waals surface area contributed by atoms with Gasteiger partial charge in [0.1, 0.15) is 12.4 Å². The zero-order valence-electron chi connectivity index (χ0n) is 18.0. The predicted molar refractivity (Wildman–Crippen MR) is 119 cm³/mol. The van der Waals surface area contributed by atoms with Crippen molar-refractivity contribution < 1.29 is 13.2 Å². The number of sulfonamides is 1. The van der Waals surface area contributed by atoms with Gasteiger partial charge in [-0.1, -0.05) is 50.2 Å². The lowest BCUT2D eigenvalue weighted by atomic mass is 9.74. The van der Waals surface area contributed by atoms with E-state index in [0.717, 1.165) is 23.4 Å². The maximum Gasteiger partial charge on any atom is 0.259 e. The molecule has 31 heavy (non-hydrogen) atoms. The molecule has 7 nitrogen and oxygen atoms in total. The Hall–Kier alpha value is -2.68. The summed E-state index contributed by atoms with van der Waals surface area (Å²) >= 11 is 0. The molecule has 0 fully saturated rings. The number of benzene rings is 2. The molecule has 1 aromatic heterocycles. The summed E-state index contributed by atoms with van der Waals surface area (Å²) in [6.07, 6.45) is 2.95. The molecule has 4 rings (SSSR count). The Bertz CT molecular complexity index is 1160. The van der Waals surface area contributed by atoms with Gasteiger partial charge >= 0.3 is 0 Å². The molecule has 0 spiro atoms. The van der Waals surface area contributed by atoms with E-state index < -0.39 is 10.0 Å². The van der Waals surface area contributed by atoms with Crippen LogP contribution in [0.25, 0.3) is 0 Å². The Kier molecular flexibility index (Phi) is 5.88. The SMILES string of the molecule is Cn1cnc(S(=O)(=O)NCc2ccc3c(c2)C(C(C)(C)c2ccccc2)NCCO3)c1. The van der Waals surface area contributed by atoms with Gasteiger partial charge in [-0.05, 0) is 23.3 Å². The number of hydrogen-bond donors (Lipinski definition) is 2. The summed E-state index contributed by atoms with van der Waals surface area (Å²) < 4.78 is 35.3. The normalized spacial score (nSPS) is 16.9. The minimum absolute atomic E-state index is 0.0119. The molecule has 164 valence electrons. The largest absolute Gasteiger partial charge is 0.492 e. The maximum absolute atomic E-state index is 12.5. The van der Waals surface area contributed by atoms with Crippen molar-refractivity contribution >= 4 is 10.0 Å². The molecule has 2 heterocycles. The summed E-state index contributed by atoms with van der Waals surface area (Å²) in [4.78, 5) is 3.94. The van der Waals surface area contributed by atoms with Crippen LogP contribution < -0.4 is 14.8 Å². The first-order valence-corrected chi connectivity index (χ1v) is 11.8. The monoisotopic (exact) mass is 440 g/mol. The van der Waals surface area contributed by atoms with E-state index in [1.807, 2.05) is 36.4 Å². The first kappa shape index (κ1) is 21.5. The lowest BCUT2D eigenvalue weighted by molar-refractivity contribution is 0.314. The topological polar surface area (TPSA) is 85.2 Å². The van der Waals surface area contributed by atoms with Crippen molar-refractivity contribution in [3.63, 3.8) is 0 Å². The van der Waals surface area contributed by atoms with Gasteiger partial charge in [0.05, 0.1) is 6.33 Å². The lowest BCUT2D eigenvalue weighted by Crippen LogP contribution is -2.37. The zero-order valence-corrected chi connectivity index (χ0v) is 18.8.